The van der Waals surface area contributed by atoms with E-state index in [9.17, 15) is 9.59 Å². The molecule has 1 aliphatic rings. The van der Waals surface area contributed by atoms with Gasteiger partial charge in [0.15, 0.2) is 5.78 Å². The number of anilines is 1. The van der Waals surface area contributed by atoms with E-state index in [4.69, 9.17) is 21.1 Å². The van der Waals surface area contributed by atoms with Crippen LogP contribution in [0.3, 0.4) is 0 Å². The largest absolute Gasteiger partial charge is 0.473 e. The lowest BCUT2D eigenvalue weighted by Crippen LogP contribution is -2.26. The van der Waals surface area contributed by atoms with Crippen LogP contribution in [0.5, 0.6) is 5.88 Å². The normalized spacial score (nSPS) is 14.7. The molecule has 0 unspecified atom stereocenters. The van der Waals surface area contributed by atoms with Crippen LogP contribution < -0.4 is 10.1 Å². The Morgan fingerprint density at radius 3 is 2.69 bits per heavy atom. The number of Topliss-reactive ketones (excluding diaryl/α,β-unsaturated/α-hetero) is 1. The third kappa shape index (κ3) is 4.59. The molecule has 0 radical (unpaired) electrons. The van der Waals surface area contributed by atoms with Gasteiger partial charge in [-0.3, -0.25) is 9.59 Å². The van der Waals surface area contributed by atoms with Crippen LogP contribution >= 0.6 is 11.6 Å². The summed E-state index contributed by atoms with van der Waals surface area (Å²) in [5.74, 6) is -0.119. The molecule has 136 valence electrons. The molecule has 2 aromatic rings. The number of aromatic nitrogens is 1. The first kappa shape index (κ1) is 18.4. The van der Waals surface area contributed by atoms with Gasteiger partial charge >= 0.3 is 0 Å². The molecule has 1 aliphatic heterocycles. The molecule has 1 N–H and O–H groups in total. The molecule has 1 amide bonds. The van der Waals surface area contributed by atoms with Gasteiger partial charge in [-0.2, -0.15) is 0 Å². The number of hydrogen-bond donors (Lipinski definition) is 1. The van der Waals surface area contributed by atoms with Crippen molar-refractivity contribution in [3.05, 3.63) is 52.7 Å². The maximum absolute atomic E-state index is 12.4. The second-order valence-electron chi connectivity index (χ2n) is 6.03. The van der Waals surface area contributed by atoms with Crippen molar-refractivity contribution in [2.45, 2.75) is 25.9 Å². The van der Waals surface area contributed by atoms with Crippen LogP contribution in [-0.4, -0.2) is 36.0 Å². The standard InChI is InChI=1S/C19H19ClN2O4/c1-12(23)13-3-2-4-15(9-13)22-18(24)14-10-17(20)19(21-11-14)26-16-5-7-25-8-6-16/h2-4,9-11,16H,5-8H2,1H3,(H,22,24). The van der Waals surface area contributed by atoms with Crippen LogP contribution in [0.1, 0.15) is 40.5 Å². The van der Waals surface area contributed by atoms with Gasteiger partial charge in [-0.05, 0) is 25.1 Å². The highest BCUT2D eigenvalue weighted by Crippen LogP contribution is 2.26. The van der Waals surface area contributed by atoms with Crippen LogP contribution in [-0.2, 0) is 4.74 Å². The molecule has 26 heavy (non-hydrogen) atoms. The lowest BCUT2D eigenvalue weighted by atomic mass is 10.1. The van der Waals surface area contributed by atoms with E-state index in [1.165, 1.54) is 19.2 Å². The summed E-state index contributed by atoms with van der Waals surface area (Å²) in [4.78, 5) is 28.0. The summed E-state index contributed by atoms with van der Waals surface area (Å²) in [6, 6.07) is 8.26. The van der Waals surface area contributed by atoms with Gasteiger partial charge < -0.3 is 14.8 Å². The average molecular weight is 375 g/mol. The smallest absolute Gasteiger partial charge is 0.257 e. The van der Waals surface area contributed by atoms with Crippen molar-refractivity contribution in [1.29, 1.82) is 0 Å². The number of ether oxygens (including phenoxy) is 2. The Labute approximate surface area is 156 Å². The zero-order valence-electron chi connectivity index (χ0n) is 14.3. The Balaban J connectivity index is 1.69. The molecular weight excluding hydrogens is 356 g/mol. The molecule has 1 saturated heterocycles. The lowest BCUT2D eigenvalue weighted by Gasteiger charge is -2.23. The monoisotopic (exact) mass is 374 g/mol. The molecular formula is C19H19ClN2O4. The van der Waals surface area contributed by atoms with Crippen molar-refractivity contribution in [2.24, 2.45) is 0 Å². The fourth-order valence-corrected chi connectivity index (χ4v) is 2.82. The predicted molar refractivity (Wildman–Crippen MR) is 98.1 cm³/mol. The molecule has 3 rings (SSSR count). The van der Waals surface area contributed by atoms with E-state index in [0.29, 0.717) is 35.9 Å². The predicted octanol–water partition coefficient (Wildman–Crippen LogP) is 3.75. The number of nitrogens with one attached hydrogen (secondary N) is 1. The van der Waals surface area contributed by atoms with Crippen molar-refractivity contribution >= 4 is 29.0 Å². The zero-order valence-corrected chi connectivity index (χ0v) is 15.1. The van der Waals surface area contributed by atoms with Crippen LogP contribution in [0.4, 0.5) is 5.69 Å². The quantitative estimate of drug-likeness (QED) is 0.806. The molecule has 0 spiro atoms. The van der Waals surface area contributed by atoms with Crippen molar-refractivity contribution < 1.29 is 19.1 Å². The maximum Gasteiger partial charge on any atom is 0.257 e. The molecule has 2 heterocycles. The van der Waals surface area contributed by atoms with Crippen LogP contribution in [0.15, 0.2) is 36.5 Å². The Morgan fingerprint density at radius 2 is 2.00 bits per heavy atom. The Bertz CT molecular complexity index is 819. The number of rotatable bonds is 5. The SMILES string of the molecule is CC(=O)c1cccc(NC(=O)c2cnc(OC3CCOCC3)c(Cl)c2)c1. The minimum atomic E-state index is -0.363. The van der Waals surface area contributed by atoms with Gasteiger partial charge in [0.2, 0.25) is 5.88 Å². The Morgan fingerprint density at radius 1 is 1.23 bits per heavy atom. The van der Waals surface area contributed by atoms with E-state index in [1.54, 1.807) is 24.3 Å². The molecule has 1 fully saturated rings. The third-order valence-corrected chi connectivity index (χ3v) is 4.31. The second kappa shape index (κ2) is 8.29. The Hall–Kier alpha value is -2.44. The van der Waals surface area contributed by atoms with Crippen molar-refractivity contribution in [2.75, 3.05) is 18.5 Å². The number of carbonyl (C=O) groups excluding carboxylic acids is 2. The number of nitrogens with zero attached hydrogens (tertiary/aromatic N) is 1. The molecule has 6 nitrogen and oxygen atoms in total. The third-order valence-electron chi connectivity index (χ3n) is 4.04. The van der Waals surface area contributed by atoms with Gasteiger partial charge in [0.05, 0.1) is 18.8 Å². The average Bonchev–Trinajstić information content (AvgIpc) is 2.64. The van der Waals surface area contributed by atoms with Gasteiger partial charge in [-0.25, -0.2) is 4.98 Å². The summed E-state index contributed by atoms with van der Waals surface area (Å²) in [6.45, 7) is 2.78. The second-order valence-corrected chi connectivity index (χ2v) is 6.44. The van der Waals surface area contributed by atoms with E-state index in [0.717, 1.165) is 12.8 Å². The first-order valence-corrected chi connectivity index (χ1v) is 8.73. The van der Waals surface area contributed by atoms with Gasteiger partial charge in [0.25, 0.3) is 5.91 Å². The van der Waals surface area contributed by atoms with E-state index in [-0.39, 0.29) is 22.8 Å². The summed E-state index contributed by atoms with van der Waals surface area (Å²) in [6.07, 6.45) is 3.01. The molecule has 1 aromatic carbocycles. The minimum absolute atomic E-state index is 0.0164. The summed E-state index contributed by atoms with van der Waals surface area (Å²) >= 11 is 6.22. The van der Waals surface area contributed by atoms with E-state index in [1.807, 2.05) is 0 Å². The van der Waals surface area contributed by atoms with Gasteiger partial charge in [-0.15, -0.1) is 0 Å². The van der Waals surface area contributed by atoms with Gasteiger partial charge in [0, 0.05) is 30.3 Å². The highest BCUT2D eigenvalue weighted by molar-refractivity contribution is 6.32. The fourth-order valence-electron chi connectivity index (χ4n) is 2.61. The number of pyridine rings is 1. The highest BCUT2D eigenvalue weighted by Gasteiger charge is 2.18. The maximum atomic E-state index is 12.4. The van der Waals surface area contributed by atoms with E-state index in [2.05, 4.69) is 10.3 Å². The summed E-state index contributed by atoms with van der Waals surface area (Å²) in [5.41, 5.74) is 1.36. The minimum Gasteiger partial charge on any atom is -0.473 e. The molecule has 1 aromatic heterocycles. The number of halogens is 1. The first-order valence-electron chi connectivity index (χ1n) is 8.35. The topological polar surface area (TPSA) is 77.5 Å². The molecule has 0 bridgehead atoms. The first-order chi connectivity index (χ1) is 12.5. The van der Waals surface area contributed by atoms with Crippen molar-refractivity contribution in [1.82, 2.24) is 4.98 Å². The Kier molecular flexibility index (Phi) is 5.85. The molecule has 7 heteroatoms. The van der Waals surface area contributed by atoms with Gasteiger partial charge in [0.1, 0.15) is 11.1 Å². The summed E-state index contributed by atoms with van der Waals surface area (Å²) in [5, 5.41) is 3.01. The van der Waals surface area contributed by atoms with Crippen molar-refractivity contribution in [3.8, 4) is 5.88 Å². The fraction of sp³-hybridized carbons (Fsp3) is 0.316. The number of hydrogen-bond acceptors (Lipinski definition) is 5. The highest BCUT2D eigenvalue weighted by atomic mass is 35.5. The van der Waals surface area contributed by atoms with E-state index < -0.39 is 0 Å². The molecule has 0 aliphatic carbocycles. The zero-order chi connectivity index (χ0) is 18.5. The lowest BCUT2D eigenvalue weighted by molar-refractivity contribution is 0.0238. The molecule has 0 atom stereocenters. The summed E-state index contributed by atoms with van der Waals surface area (Å²) < 4.78 is 11.1. The van der Waals surface area contributed by atoms with Crippen LogP contribution in [0.2, 0.25) is 5.02 Å². The van der Waals surface area contributed by atoms with E-state index >= 15 is 0 Å². The van der Waals surface area contributed by atoms with Crippen LogP contribution in [0, 0.1) is 0 Å². The number of benzene rings is 1. The van der Waals surface area contributed by atoms with Crippen LogP contribution in [0.25, 0.3) is 0 Å². The van der Waals surface area contributed by atoms with Gasteiger partial charge in [-0.1, -0.05) is 23.7 Å². The van der Waals surface area contributed by atoms with Crippen molar-refractivity contribution in [3.63, 3.8) is 0 Å². The number of amides is 1. The molecule has 0 saturated carbocycles. The summed E-state index contributed by atoms with van der Waals surface area (Å²) in [7, 11) is 0. The number of ketones is 1. The number of carbonyl (C=O) groups is 2.